The van der Waals surface area contributed by atoms with Crippen LogP contribution in [0.1, 0.15) is 33.3 Å². The number of aliphatic hydroxyl groups is 1. The minimum absolute atomic E-state index is 0.0962. The van der Waals surface area contributed by atoms with Crippen LogP contribution in [-0.4, -0.2) is 29.4 Å². The van der Waals surface area contributed by atoms with E-state index in [2.05, 4.69) is 4.74 Å². The second kappa shape index (κ2) is 6.24. The van der Waals surface area contributed by atoms with Crippen LogP contribution in [0.4, 0.5) is 0 Å². The molecule has 20 heavy (non-hydrogen) atoms. The lowest BCUT2D eigenvalue weighted by Crippen LogP contribution is -2.48. The largest absolute Gasteiger partial charge is 0.469 e. The number of methoxy groups -OCH3 is 1. The smallest absolute Gasteiger partial charge is 0.310 e. The average Bonchev–Trinajstić information content (AvgIpc) is 2.36. The third kappa shape index (κ3) is 4.21. The van der Waals surface area contributed by atoms with Crippen LogP contribution < -0.4 is 4.89 Å². The van der Waals surface area contributed by atoms with E-state index in [1.807, 2.05) is 0 Å². The van der Waals surface area contributed by atoms with Gasteiger partial charge in [-0.15, -0.1) is 0 Å². The van der Waals surface area contributed by atoms with Crippen molar-refractivity contribution in [2.45, 2.75) is 45.3 Å². The van der Waals surface area contributed by atoms with Crippen molar-refractivity contribution in [3.05, 3.63) is 29.8 Å². The van der Waals surface area contributed by atoms with Crippen LogP contribution in [0.25, 0.3) is 0 Å². The Morgan fingerprint density at radius 3 is 2.35 bits per heavy atom. The van der Waals surface area contributed by atoms with E-state index in [0.717, 1.165) is 0 Å². The minimum atomic E-state index is -1.08. The summed E-state index contributed by atoms with van der Waals surface area (Å²) in [4.78, 5) is 22.0. The lowest BCUT2D eigenvalue weighted by molar-refractivity contribution is -0.321. The monoisotopic (exact) mass is 282 g/mol. The van der Waals surface area contributed by atoms with Gasteiger partial charge in [0.1, 0.15) is 5.60 Å². The molecule has 0 unspecified atom stereocenters. The molecule has 0 aliphatic heterocycles. The highest BCUT2D eigenvalue weighted by Gasteiger charge is 2.38. The number of hydrogen-bond acceptors (Lipinski definition) is 5. The van der Waals surface area contributed by atoms with E-state index in [0.29, 0.717) is 11.3 Å². The maximum atomic E-state index is 11.3. The second-order valence-electron chi connectivity index (χ2n) is 5.60. The first-order chi connectivity index (χ1) is 9.17. The first-order valence-electron chi connectivity index (χ1n) is 6.40. The van der Waals surface area contributed by atoms with Crippen LogP contribution in [0.5, 0.6) is 5.75 Å². The van der Waals surface area contributed by atoms with Crippen molar-refractivity contribution in [2.75, 3.05) is 7.11 Å². The van der Waals surface area contributed by atoms with Gasteiger partial charge in [0.2, 0.25) is 0 Å². The molecule has 0 radical (unpaired) electrons. The van der Waals surface area contributed by atoms with E-state index in [1.165, 1.54) is 7.11 Å². The van der Waals surface area contributed by atoms with Crippen LogP contribution >= 0.6 is 0 Å². The molecule has 0 saturated heterocycles. The number of para-hydroxylation sites is 1. The van der Waals surface area contributed by atoms with Gasteiger partial charge in [-0.25, -0.2) is 0 Å². The van der Waals surface area contributed by atoms with Gasteiger partial charge in [0.15, 0.2) is 5.75 Å². The number of rotatable bonds is 6. The normalized spacial score (nSPS) is 12.1. The van der Waals surface area contributed by atoms with Crippen LogP contribution in [0.3, 0.4) is 0 Å². The van der Waals surface area contributed by atoms with Crippen molar-refractivity contribution in [3.8, 4) is 5.75 Å². The Bertz CT molecular complexity index is 460. The Hall–Kier alpha value is -1.59. The first kappa shape index (κ1) is 16.5. The molecule has 1 aromatic rings. The van der Waals surface area contributed by atoms with Crippen LogP contribution in [-0.2, 0) is 20.8 Å². The van der Waals surface area contributed by atoms with E-state index in [-0.39, 0.29) is 12.4 Å². The van der Waals surface area contributed by atoms with E-state index in [9.17, 15) is 9.90 Å². The summed E-state index contributed by atoms with van der Waals surface area (Å²) in [6.45, 7) is 6.71. The molecule has 0 fully saturated rings. The Labute approximate surface area is 119 Å². The fourth-order valence-electron chi connectivity index (χ4n) is 1.21. The lowest BCUT2D eigenvalue weighted by atomic mass is 9.90. The quantitative estimate of drug-likeness (QED) is 0.492. The van der Waals surface area contributed by atoms with Gasteiger partial charge in [-0.2, -0.15) is 4.89 Å². The molecule has 0 amide bonds. The Morgan fingerprint density at radius 1 is 1.20 bits per heavy atom. The number of carbonyl (C=O) groups is 1. The summed E-state index contributed by atoms with van der Waals surface area (Å²) < 4.78 is 4.63. The molecule has 1 aromatic carbocycles. The number of benzene rings is 1. The topological polar surface area (TPSA) is 65.0 Å². The summed E-state index contributed by atoms with van der Waals surface area (Å²) in [7, 11) is 1.33. The SMILES string of the molecule is COC(=O)Cc1ccccc1OOC(C)(C)C(C)(C)O. The molecule has 0 heterocycles. The predicted molar refractivity (Wildman–Crippen MR) is 74.3 cm³/mol. The lowest BCUT2D eigenvalue weighted by Gasteiger charge is -2.35. The van der Waals surface area contributed by atoms with Gasteiger partial charge >= 0.3 is 5.97 Å². The third-order valence-electron chi connectivity index (χ3n) is 3.35. The molecule has 112 valence electrons. The number of hydrogen-bond donors (Lipinski definition) is 1. The Balaban J connectivity index is 2.81. The van der Waals surface area contributed by atoms with Gasteiger partial charge in [0.05, 0.1) is 19.1 Å². The fraction of sp³-hybridized carbons (Fsp3) is 0.533. The van der Waals surface area contributed by atoms with E-state index in [4.69, 9.17) is 9.78 Å². The van der Waals surface area contributed by atoms with Crippen LogP contribution in [0, 0.1) is 0 Å². The predicted octanol–water partition coefficient (Wildman–Crippen LogP) is 2.26. The molecule has 0 aliphatic rings. The Morgan fingerprint density at radius 2 is 1.80 bits per heavy atom. The van der Waals surface area contributed by atoms with E-state index in [1.54, 1.807) is 52.0 Å². The molecule has 5 nitrogen and oxygen atoms in total. The maximum Gasteiger partial charge on any atom is 0.310 e. The van der Waals surface area contributed by atoms with Gasteiger partial charge in [0, 0.05) is 5.56 Å². The number of ether oxygens (including phenoxy) is 1. The molecule has 0 bridgehead atoms. The molecule has 0 aromatic heterocycles. The van der Waals surface area contributed by atoms with Crippen molar-refractivity contribution in [3.63, 3.8) is 0 Å². The van der Waals surface area contributed by atoms with Gasteiger partial charge in [-0.3, -0.25) is 4.79 Å². The van der Waals surface area contributed by atoms with Gasteiger partial charge < -0.3 is 14.7 Å². The van der Waals surface area contributed by atoms with E-state index >= 15 is 0 Å². The van der Waals surface area contributed by atoms with Crippen molar-refractivity contribution < 1.29 is 24.4 Å². The average molecular weight is 282 g/mol. The summed E-state index contributed by atoms with van der Waals surface area (Å²) in [5, 5.41) is 10.00. The highest BCUT2D eigenvalue weighted by Crippen LogP contribution is 2.27. The van der Waals surface area contributed by atoms with Crippen molar-refractivity contribution >= 4 is 5.97 Å². The first-order valence-corrected chi connectivity index (χ1v) is 6.40. The fourth-order valence-corrected chi connectivity index (χ4v) is 1.21. The molecule has 1 N–H and O–H groups in total. The van der Waals surface area contributed by atoms with Crippen molar-refractivity contribution in [1.82, 2.24) is 0 Å². The van der Waals surface area contributed by atoms with Gasteiger partial charge in [-0.05, 0) is 33.8 Å². The molecule has 5 heteroatoms. The zero-order valence-corrected chi connectivity index (χ0v) is 12.6. The van der Waals surface area contributed by atoms with Crippen LogP contribution in [0.2, 0.25) is 0 Å². The summed E-state index contributed by atoms with van der Waals surface area (Å²) in [5.74, 6) is 0.0676. The zero-order chi connectivity index (χ0) is 15.4. The highest BCUT2D eigenvalue weighted by molar-refractivity contribution is 5.73. The minimum Gasteiger partial charge on any atom is -0.469 e. The molecule has 1 rings (SSSR count). The molecule has 0 atom stereocenters. The third-order valence-corrected chi connectivity index (χ3v) is 3.35. The number of esters is 1. The van der Waals surface area contributed by atoms with Gasteiger partial charge in [-0.1, -0.05) is 18.2 Å². The molecule has 0 saturated carbocycles. The van der Waals surface area contributed by atoms with Crippen molar-refractivity contribution in [1.29, 1.82) is 0 Å². The van der Waals surface area contributed by atoms with E-state index < -0.39 is 11.2 Å². The molecular weight excluding hydrogens is 260 g/mol. The Kier molecular flexibility index (Phi) is 5.14. The van der Waals surface area contributed by atoms with Gasteiger partial charge in [0.25, 0.3) is 0 Å². The highest BCUT2D eigenvalue weighted by atomic mass is 17.2. The summed E-state index contributed by atoms with van der Waals surface area (Å²) in [6, 6.07) is 7.02. The summed E-state index contributed by atoms with van der Waals surface area (Å²) in [6.07, 6.45) is 0.0962. The van der Waals surface area contributed by atoms with Crippen molar-refractivity contribution in [2.24, 2.45) is 0 Å². The molecule has 0 aliphatic carbocycles. The molecular formula is C15H22O5. The van der Waals surface area contributed by atoms with Crippen LogP contribution in [0.15, 0.2) is 24.3 Å². The standard InChI is InChI=1S/C15H22O5/c1-14(2,17)15(3,4)20-19-12-9-7-6-8-11(12)10-13(16)18-5/h6-9,17H,10H2,1-5H3. The maximum absolute atomic E-state index is 11.3. The summed E-state index contributed by atoms with van der Waals surface area (Å²) >= 11 is 0. The molecule has 0 spiro atoms. The summed E-state index contributed by atoms with van der Waals surface area (Å²) in [5.41, 5.74) is -1.33. The zero-order valence-electron chi connectivity index (χ0n) is 12.6. The second-order valence-corrected chi connectivity index (χ2v) is 5.60. The number of carbonyl (C=O) groups excluding carboxylic acids is 1.